The lowest BCUT2D eigenvalue weighted by molar-refractivity contribution is 0.0963. The van der Waals surface area contributed by atoms with Gasteiger partial charge in [-0.05, 0) is 20.8 Å². The molecule has 0 aromatic carbocycles. The van der Waals surface area contributed by atoms with Crippen molar-refractivity contribution in [1.82, 2.24) is 0 Å². The van der Waals surface area contributed by atoms with Gasteiger partial charge in [0.25, 0.3) is 0 Å². The first kappa shape index (κ1) is 15.4. The molecule has 0 heterocycles. The highest BCUT2D eigenvalue weighted by Gasteiger charge is 2.45. The SMILES string of the molecule is CCO[Si](OCC)(OCC)SC(C)(C)C. The molecule has 0 aromatic rings. The molecule has 0 saturated carbocycles. The standard InChI is InChI=1S/C10H24O3SSi/c1-7-11-15(12-8-2,13-9-3)14-10(4,5)6/h7-9H2,1-6H3. The van der Waals surface area contributed by atoms with E-state index in [0.717, 1.165) is 0 Å². The zero-order valence-corrected chi connectivity index (χ0v) is 12.6. The van der Waals surface area contributed by atoms with Crippen LogP contribution in [0.4, 0.5) is 0 Å². The summed E-state index contributed by atoms with van der Waals surface area (Å²) in [6.07, 6.45) is 0. The van der Waals surface area contributed by atoms with Crippen molar-refractivity contribution in [1.29, 1.82) is 0 Å². The van der Waals surface area contributed by atoms with Crippen LogP contribution in [-0.2, 0) is 13.3 Å². The molecule has 0 aliphatic carbocycles. The van der Waals surface area contributed by atoms with E-state index in [4.69, 9.17) is 13.3 Å². The summed E-state index contributed by atoms with van der Waals surface area (Å²) in [5, 5.41) is 0. The first-order chi connectivity index (χ1) is 6.89. The first-order valence-electron chi connectivity index (χ1n) is 5.51. The van der Waals surface area contributed by atoms with Gasteiger partial charge in [-0.3, -0.25) is 0 Å². The molecule has 0 saturated heterocycles. The summed E-state index contributed by atoms with van der Waals surface area (Å²) in [7, 11) is -2.51. The molecule has 0 unspecified atom stereocenters. The molecule has 0 atom stereocenters. The summed E-state index contributed by atoms with van der Waals surface area (Å²) >= 11 is 1.70. The second-order valence-corrected chi connectivity index (χ2v) is 9.42. The van der Waals surface area contributed by atoms with Gasteiger partial charge in [-0.2, -0.15) is 0 Å². The molecular weight excluding hydrogens is 228 g/mol. The van der Waals surface area contributed by atoms with E-state index in [1.807, 2.05) is 20.8 Å². The van der Waals surface area contributed by atoms with E-state index in [1.165, 1.54) is 0 Å². The highest BCUT2D eigenvalue weighted by Crippen LogP contribution is 2.35. The van der Waals surface area contributed by atoms with Crippen LogP contribution in [0.5, 0.6) is 0 Å². The molecule has 0 N–H and O–H groups in total. The molecule has 5 heteroatoms. The van der Waals surface area contributed by atoms with E-state index in [2.05, 4.69) is 20.8 Å². The third kappa shape index (κ3) is 6.58. The van der Waals surface area contributed by atoms with Crippen molar-refractivity contribution in [2.75, 3.05) is 19.8 Å². The summed E-state index contributed by atoms with van der Waals surface area (Å²) in [6, 6.07) is 0. The second kappa shape index (κ2) is 6.91. The predicted molar refractivity (Wildman–Crippen MR) is 68.0 cm³/mol. The lowest BCUT2D eigenvalue weighted by Crippen LogP contribution is -2.45. The lowest BCUT2D eigenvalue weighted by atomic mass is 10.3. The Labute approximate surface area is 98.9 Å². The Morgan fingerprint density at radius 1 is 0.867 bits per heavy atom. The molecule has 0 fully saturated rings. The van der Waals surface area contributed by atoms with Crippen LogP contribution in [0.2, 0.25) is 0 Å². The van der Waals surface area contributed by atoms with Crippen molar-refractivity contribution in [2.45, 2.75) is 46.3 Å². The Morgan fingerprint density at radius 2 is 1.20 bits per heavy atom. The maximum absolute atomic E-state index is 5.74. The topological polar surface area (TPSA) is 27.7 Å². The van der Waals surface area contributed by atoms with Crippen molar-refractivity contribution in [3.63, 3.8) is 0 Å². The zero-order valence-electron chi connectivity index (χ0n) is 10.8. The maximum Gasteiger partial charge on any atom is 0.573 e. The second-order valence-electron chi connectivity index (χ2n) is 4.01. The van der Waals surface area contributed by atoms with E-state index in [0.29, 0.717) is 19.8 Å². The predicted octanol–water partition coefficient (Wildman–Crippen LogP) is 3.06. The molecule has 15 heavy (non-hydrogen) atoms. The van der Waals surface area contributed by atoms with E-state index >= 15 is 0 Å². The minimum atomic E-state index is -2.51. The van der Waals surface area contributed by atoms with Crippen LogP contribution in [0, 0.1) is 0 Å². The summed E-state index contributed by atoms with van der Waals surface area (Å²) in [5.41, 5.74) is 0. The van der Waals surface area contributed by atoms with Crippen molar-refractivity contribution < 1.29 is 13.3 Å². The smallest absolute Gasteiger partial charge is 0.366 e. The van der Waals surface area contributed by atoms with Gasteiger partial charge >= 0.3 is 7.95 Å². The van der Waals surface area contributed by atoms with Gasteiger partial charge in [-0.1, -0.05) is 32.0 Å². The molecule has 3 nitrogen and oxygen atoms in total. The van der Waals surface area contributed by atoms with Crippen LogP contribution in [0.25, 0.3) is 0 Å². The van der Waals surface area contributed by atoms with Gasteiger partial charge in [0.05, 0.1) is 0 Å². The Hall–Kier alpha value is 0.447. The van der Waals surface area contributed by atoms with Crippen LogP contribution in [0.3, 0.4) is 0 Å². The van der Waals surface area contributed by atoms with Gasteiger partial charge in [0, 0.05) is 24.6 Å². The van der Waals surface area contributed by atoms with Crippen LogP contribution < -0.4 is 0 Å². The van der Waals surface area contributed by atoms with Crippen LogP contribution in [0.1, 0.15) is 41.5 Å². The molecule has 0 radical (unpaired) electrons. The fourth-order valence-corrected chi connectivity index (χ4v) is 7.20. The van der Waals surface area contributed by atoms with Gasteiger partial charge in [-0.15, -0.1) is 0 Å². The highest BCUT2D eigenvalue weighted by molar-refractivity contribution is 8.27. The minimum absolute atomic E-state index is 0.0890. The number of rotatable bonds is 7. The monoisotopic (exact) mass is 252 g/mol. The number of hydrogen-bond donors (Lipinski definition) is 0. The highest BCUT2D eigenvalue weighted by atomic mass is 32.4. The van der Waals surface area contributed by atoms with Crippen molar-refractivity contribution in [3.8, 4) is 0 Å². The third-order valence-electron chi connectivity index (χ3n) is 1.39. The first-order valence-corrected chi connectivity index (χ1v) is 8.77. The van der Waals surface area contributed by atoms with E-state index in [1.54, 1.807) is 11.2 Å². The Kier molecular flexibility index (Phi) is 7.11. The van der Waals surface area contributed by atoms with E-state index in [9.17, 15) is 0 Å². The van der Waals surface area contributed by atoms with Crippen LogP contribution in [0.15, 0.2) is 0 Å². The molecular formula is C10H24O3SSi. The Balaban J connectivity index is 4.60. The molecule has 0 amide bonds. The van der Waals surface area contributed by atoms with Gasteiger partial charge in [0.15, 0.2) is 0 Å². The molecule has 0 aliphatic heterocycles. The summed E-state index contributed by atoms with van der Waals surface area (Å²) < 4.78 is 17.3. The van der Waals surface area contributed by atoms with Gasteiger partial charge in [0.1, 0.15) is 0 Å². The normalized spacial score (nSPS) is 13.2. The van der Waals surface area contributed by atoms with Crippen molar-refractivity contribution >= 4 is 19.2 Å². The molecule has 0 spiro atoms. The fourth-order valence-electron chi connectivity index (χ4n) is 1.12. The summed E-state index contributed by atoms with van der Waals surface area (Å²) in [5.74, 6) is 0. The quantitative estimate of drug-likeness (QED) is 0.651. The van der Waals surface area contributed by atoms with E-state index < -0.39 is 7.95 Å². The van der Waals surface area contributed by atoms with Crippen molar-refractivity contribution in [2.24, 2.45) is 0 Å². The average Bonchev–Trinajstić information content (AvgIpc) is 2.01. The largest absolute Gasteiger partial charge is 0.573 e. The van der Waals surface area contributed by atoms with Crippen molar-refractivity contribution in [3.05, 3.63) is 0 Å². The van der Waals surface area contributed by atoms with Gasteiger partial charge in [-0.25, -0.2) is 0 Å². The Morgan fingerprint density at radius 3 is 1.40 bits per heavy atom. The van der Waals surface area contributed by atoms with Gasteiger partial charge < -0.3 is 13.3 Å². The molecule has 0 rings (SSSR count). The van der Waals surface area contributed by atoms with Gasteiger partial charge in [0.2, 0.25) is 0 Å². The summed E-state index contributed by atoms with van der Waals surface area (Å²) in [4.78, 5) is 0. The molecule has 0 aliphatic rings. The molecule has 0 bridgehead atoms. The third-order valence-corrected chi connectivity index (χ3v) is 7.83. The van der Waals surface area contributed by atoms with E-state index in [-0.39, 0.29) is 4.75 Å². The molecule has 92 valence electrons. The minimum Gasteiger partial charge on any atom is -0.366 e. The van der Waals surface area contributed by atoms with Crippen LogP contribution >= 0.6 is 11.2 Å². The summed E-state index contributed by atoms with van der Waals surface area (Å²) in [6.45, 7) is 14.3. The molecule has 0 aromatic heterocycles. The fraction of sp³-hybridized carbons (Fsp3) is 1.00. The average molecular weight is 252 g/mol. The maximum atomic E-state index is 5.74. The number of hydrogen-bond acceptors (Lipinski definition) is 4. The zero-order chi connectivity index (χ0) is 11.9. The lowest BCUT2D eigenvalue weighted by Gasteiger charge is -2.32. The Bertz CT molecular complexity index is 154. The van der Waals surface area contributed by atoms with Crippen LogP contribution in [-0.4, -0.2) is 32.5 Å².